The second kappa shape index (κ2) is 3.77. The SMILES string of the molecule is COC(=O)C1(C)CC2C(=O)CC(C)C[C+]2O1. The second-order valence-electron chi connectivity index (χ2n) is 5.03. The summed E-state index contributed by atoms with van der Waals surface area (Å²) in [6, 6.07) is 0. The van der Waals surface area contributed by atoms with Crippen LogP contribution in [0, 0.1) is 17.9 Å². The van der Waals surface area contributed by atoms with E-state index in [4.69, 9.17) is 9.47 Å². The molecule has 0 radical (unpaired) electrons. The summed E-state index contributed by atoms with van der Waals surface area (Å²) in [6.07, 6.45) is 2.58. The Morgan fingerprint density at radius 2 is 2.31 bits per heavy atom. The van der Waals surface area contributed by atoms with Gasteiger partial charge in [-0.1, -0.05) is 6.92 Å². The summed E-state index contributed by atoms with van der Waals surface area (Å²) in [7, 11) is 1.34. The lowest BCUT2D eigenvalue weighted by Crippen LogP contribution is -2.35. The zero-order valence-electron chi connectivity index (χ0n) is 9.91. The molecule has 2 fully saturated rings. The maximum absolute atomic E-state index is 11.8. The van der Waals surface area contributed by atoms with Gasteiger partial charge in [0, 0.05) is 18.8 Å². The number of rotatable bonds is 1. The maximum Gasteiger partial charge on any atom is 0.343 e. The van der Waals surface area contributed by atoms with Gasteiger partial charge in [0.05, 0.1) is 7.11 Å². The fraction of sp³-hybridized carbons (Fsp3) is 0.750. The predicted molar refractivity (Wildman–Crippen MR) is 56.3 cm³/mol. The summed E-state index contributed by atoms with van der Waals surface area (Å²) < 4.78 is 10.4. The Kier molecular flexibility index (Phi) is 2.70. The molecule has 1 aliphatic heterocycles. The van der Waals surface area contributed by atoms with E-state index in [2.05, 4.69) is 0 Å². The van der Waals surface area contributed by atoms with Gasteiger partial charge in [0.1, 0.15) is 6.42 Å². The number of carbonyl (C=O) groups excluding carboxylic acids is 2. The van der Waals surface area contributed by atoms with Crippen molar-refractivity contribution in [1.82, 2.24) is 0 Å². The van der Waals surface area contributed by atoms with Gasteiger partial charge in [-0.15, -0.1) is 0 Å². The van der Waals surface area contributed by atoms with Crippen molar-refractivity contribution in [2.45, 2.75) is 38.7 Å². The first-order valence-electron chi connectivity index (χ1n) is 5.62. The minimum absolute atomic E-state index is 0.194. The summed E-state index contributed by atoms with van der Waals surface area (Å²) >= 11 is 0. The molecule has 0 aromatic rings. The molecule has 3 unspecified atom stereocenters. The van der Waals surface area contributed by atoms with Crippen LogP contribution in [-0.4, -0.2) is 24.5 Å². The van der Waals surface area contributed by atoms with Crippen molar-refractivity contribution >= 4 is 11.8 Å². The fourth-order valence-corrected chi connectivity index (χ4v) is 2.63. The van der Waals surface area contributed by atoms with Crippen LogP contribution in [-0.2, 0) is 19.1 Å². The molecule has 1 aliphatic carbocycles. The van der Waals surface area contributed by atoms with Crippen LogP contribution in [0.4, 0.5) is 0 Å². The Morgan fingerprint density at radius 1 is 1.62 bits per heavy atom. The monoisotopic (exact) mass is 225 g/mol. The van der Waals surface area contributed by atoms with Crippen molar-refractivity contribution in [2.75, 3.05) is 7.11 Å². The normalized spacial score (nSPS) is 38.4. The zero-order valence-corrected chi connectivity index (χ0v) is 9.91. The van der Waals surface area contributed by atoms with Crippen LogP contribution in [0.5, 0.6) is 0 Å². The maximum atomic E-state index is 11.8. The van der Waals surface area contributed by atoms with Gasteiger partial charge in [0.25, 0.3) is 6.10 Å². The molecule has 0 N–H and O–H groups in total. The summed E-state index contributed by atoms with van der Waals surface area (Å²) in [6.45, 7) is 3.72. The lowest BCUT2D eigenvalue weighted by Gasteiger charge is -2.17. The number of methoxy groups -OCH3 is 1. The molecular weight excluding hydrogens is 208 g/mol. The molecule has 2 aliphatic rings. The van der Waals surface area contributed by atoms with Crippen LogP contribution < -0.4 is 0 Å². The summed E-state index contributed by atoms with van der Waals surface area (Å²) in [5, 5.41) is 0. The van der Waals surface area contributed by atoms with Crippen molar-refractivity contribution < 1.29 is 19.1 Å². The third-order valence-electron chi connectivity index (χ3n) is 3.44. The average molecular weight is 225 g/mol. The van der Waals surface area contributed by atoms with Crippen LogP contribution in [0.25, 0.3) is 0 Å². The van der Waals surface area contributed by atoms with Crippen LogP contribution in [0.15, 0.2) is 0 Å². The highest BCUT2D eigenvalue weighted by Crippen LogP contribution is 2.47. The highest BCUT2D eigenvalue weighted by Gasteiger charge is 2.62. The molecular formula is C12H17O4+. The third-order valence-corrected chi connectivity index (χ3v) is 3.44. The molecule has 1 saturated heterocycles. The van der Waals surface area contributed by atoms with Crippen molar-refractivity contribution in [3.05, 3.63) is 6.10 Å². The topological polar surface area (TPSA) is 52.6 Å². The molecule has 0 aromatic carbocycles. The molecule has 0 aromatic heterocycles. The number of esters is 1. The van der Waals surface area contributed by atoms with Gasteiger partial charge >= 0.3 is 5.97 Å². The summed E-state index contributed by atoms with van der Waals surface area (Å²) in [5.41, 5.74) is -0.964. The number of fused-ring (bicyclic) bond motifs is 1. The molecule has 0 bridgehead atoms. The lowest BCUT2D eigenvalue weighted by molar-refractivity contribution is -0.161. The fourth-order valence-electron chi connectivity index (χ4n) is 2.63. The Balaban J connectivity index is 2.16. The quantitative estimate of drug-likeness (QED) is 0.501. The Bertz CT molecular complexity index is 325. The first-order chi connectivity index (χ1) is 7.46. The van der Waals surface area contributed by atoms with Crippen LogP contribution in [0.2, 0.25) is 0 Å². The molecule has 16 heavy (non-hydrogen) atoms. The van der Waals surface area contributed by atoms with Gasteiger partial charge in [-0.2, -0.15) is 4.74 Å². The summed E-state index contributed by atoms with van der Waals surface area (Å²) in [5.74, 6) is -0.0738. The number of ether oxygens (including phenoxy) is 2. The number of Topliss-reactive ketones (excluding diaryl/α,β-unsaturated/α-hetero) is 1. The van der Waals surface area contributed by atoms with E-state index in [1.54, 1.807) is 6.92 Å². The van der Waals surface area contributed by atoms with E-state index < -0.39 is 11.6 Å². The van der Waals surface area contributed by atoms with Gasteiger partial charge in [-0.05, 0) is 6.92 Å². The van der Waals surface area contributed by atoms with Crippen molar-refractivity contribution in [3.8, 4) is 0 Å². The first-order valence-corrected chi connectivity index (χ1v) is 5.62. The average Bonchev–Trinajstić information content (AvgIpc) is 2.55. The molecule has 0 amide bonds. The van der Waals surface area contributed by atoms with Gasteiger partial charge in [0.15, 0.2) is 11.7 Å². The third kappa shape index (κ3) is 1.71. The number of carbonyl (C=O) groups is 2. The summed E-state index contributed by atoms with van der Waals surface area (Å²) in [4.78, 5) is 23.4. The van der Waals surface area contributed by atoms with Crippen molar-refractivity contribution in [1.29, 1.82) is 0 Å². The number of hydrogen-bond acceptors (Lipinski definition) is 4. The first kappa shape index (κ1) is 11.5. The van der Waals surface area contributed by atoms with E-state index in [9.17, 15) is 9.59 Å². The minimum atomic E-state index is -0.964. The predicted octanol–water partition coefficient (Wildman–Crippen LogP) is 1.49. The van der Waals surface area contributed by atoms with Gasteiger partial charge < -0.3 is 4.74 Å². The van der Waals surface area contributed by atoms with E-state index in [0.29, 0.717) is 18.8 Å². The smallest absolute Gasteiger partial charge is 0.343 e. The number of ketones is 1. The van der Waals surface area contributed by atoms with E-state index in [1.165, 1.54) is 7.11 Å². The highest BCUT2D eigenvalue weighted by molar-refractivity contribution is 5.87. The van der Waals surface area contributed by atoms with E-state index in [-0.39, 0.29) is 11.7 Å². The van der Waals surface area contributed by atoms with Crippen molar-refractivity contribution in [2.24, 2.45) is 11.8 Å². The molecule has 3 atom stereocenters. The van der Waals surface area contributed by atoms with Crippen LogP contribution in [0.1, 0.15) is 33.1 Å². The molecule has 0 spiro atoms. The molecule has 88 valence electrons. The molecule has 4 nitrogen and oxygen atoms in total. The Labute approximate surface area is 95.3 Å². The lowest BCUT2D eigenvalue weighted by atomic mass is 9.78. The number of hydrogen-bond donors (Lipinski definition) is 0. The molecule has 1 heterocycles. The highest BCUT2D eigenvalue weighted by atomic mass is 16.6. The Hall–Kier alpha value is -1.03. The Morgan fingerprint density at radius 3 is 2.94 bits per heavy atom. The van der Waals surface area contributed by atoms with E-state index >= 15 is 0 Å². The van der Waals surface area contributed by atoms with Crippen LogP contribution in [0.3, 0.4) is 0 Å². The standard InChI is InChI=1S/C12H17O4/c1-7-4-9(13)8-6-12(2,11(14)15-3)16-10(8)5-7/h7-8H,4-6H2,1-3H3/q+1. The zero-order chi connectivity index (χ0) is 11.9. The van der Waals surface area contributed by atoms with Crippen molar-refractivity contribution in [3.63, 3.8) is 0 Å². The van der Waals surface area contributed by atoms with E-state index in [0.717, 1.165) is 12.5 Å². The van der Waals surface area contributed by atoms with Crippen LogP contribution >= 0.6 is 0 Å². The van der Waals surface area contributed by atoms with E-state index in [1.807, 2.05) is 6.92 Å². The van der Waals surface area contributed by atoms with Gasteiger partial charge in [-0.3, -0.25) is 4.79 Å². The molecule has 4 heteroatoms. The second-order valence-corrected chi connectivity index (χ2v) is 5.03. The minimum Gasteiger partial charge on any atom is -0.467 e. The largest absolute Gasteiger partial charge is 0.467 e. The molecule has 2 rings (SSSR count). The van der Waals surface area contributed by atoms with Gasteiger partial charge in [-0.25, -0.2) is 4.79 Å². The van der Waals surface area contributed by atoms with Gasteiger partial charge in [0.2, 0.25) is 5.60 Å². The molecule has 1 saturated carbocycles.